The van der Waals surface area contributed by atoms with Crippen molar-refractivity contribution in [2.45, 2.75) is 32.8 Å². The SMILES string of the molecule is CCC(C)CC(O)c1cc(Cl)ccc1Br. The van der Waals surface area contributed by atoms with E-state index in [4.69, 9.17) is 11.6 Å². The molecular weight excluding hydrogens is 275 g/mol. The van der Waals surface area contributed by atoms with E-state index in [1.54, 1.807) is 0 Å². The van der Waals surface area contributed by atoms with Crippen LogP contribution in [0.4, 0.5) is 0 Å². The van der Waals surface area contributed by atoms with Crippen LogP contribution in [0.15, 0.2) is 22.7 Å². The van der Waals surface area contributed by atoms with Gasteiger partial charge in [-0.15, -0.1) is 0 Å². The number of rotatable bonds is 4. The number of hydrogen-bond acceptors (Lipinski definition) is 1. The minimum atomic E-state index is -0.437. The molecule has 1 N–H and O–H groups in total. The van der Waals surface area contributed by atoms with E-state index in [9.17, 15) is 5.11 Å². The number of halogens is 2. The Morgan fingerprint density at radius 3 is 2.73 bits per heavy atom. The van der Waals surface area contributed by atoms with Crippen LogP contribution in [-0.2, 0) is 0 Å². The van der Waals surface area contributed by atoms with Gasteiger partial charge in [0.2, 0.25) is 0 Å². The fourth-order valence-electron chi connectivity index (χ4n) is 1.44. The first-order chi connectivity index (χ1) is 7.04. The Balaban J connectivity index is 2.80. The van der Waals surface area contributed by atoms with Crippen LogP contribution in [-0.4, -0.2) is 5.11 Å². The van der Waals surface area contributed by atoms with Crippen molar-refractivity contribution in [1.82, 2.24) is 0 Å². The zero-order valence-electron chi connectivity index (χ0n) is 9.00. The van der Waals surface area contributed by atoms with E-state index in [0.717, 1.165) is 22.9 Å². The molecule has 0 saturated heterocycles. The van der Waals surface area contributed by atoms with Gasteiger partial charge in [-0.2, -0.15) is 0 Å². The summed E-state index contributed by atoms with van der Waals surface area (Å²) in [6.07, 6.45) is 1.41. The molecule has 1 rings (SSSR count). The lowest BCUT2D eigenvalue weighted by atomic mass is 9.96. The van der Waals surface area contributed by atoms with E-state index in [1.165, 1.54) is 0 Å². The van der Waals surface area contributed by atoms with Crippen molar-refractivity contribution in [3.63, 3.8) is 0 Å². The molecule has 0 amide bonds. The summed E-state index contributed by atoms with van der Waals surface area (Å²) in [5.74, 6) is 0.519. The maximum atomic E-state index is 10.0. The summed E-state index contributed by atoms with van der Waals surface area (Å²) in [7, 11) is 0. The molecule has 0 radical (unpaired) electrons. The van der Waals surface area contributed by atoms with Crippen molar-refractivity contribution in [3.05, 3.63) is 33.3 Å². The summed E-state index contributed by atoms with van der Waals surface area (Å²) in [6, 6.07) is 5.50. The lowest BCUT2D eigenvalue weighted by molar-refractivity contribution is 0.146. The van der Waals surface area contributed by atoms with Gasteiger partial charge in [0.15, 0.2) is 0 Å². The van der Waals surface area contributed by atoms with Crippen LogP contribution >= 0.6 is 27.5 Å². The second kappa shape index (κ2) is 5.88. The van der Waals surface area contributed by atoms with Gasteiger partial charge < -0.3 is 5.11 Å². The molecule has 1 aromatic carbocycles. The Kier molecular flexibility index (Phi) is 5.10. The molecule has 0 spiro atoms. The van der Waals surface area contributed by atoms with Crippen molar-refractivity contribution in [2.24, 2.45) is 5.92 Å². The Bertz CT molecular complexity index is 327. The topological polar surface area (TPSA) is 20.2 Å². The van der Waals surface area contributed by atoms with E-state index < -0.39 is 6.10 Å². The third-order valence-electron chi connectivity index (χ3n) is 2.64. The van der Waals surface area contributed by atoms with Gasteiger partial charge in [-0.3, -0.25) is 0 Å². The Morgan fingerprint density at radius 1 is 1.47 bits per heavy atom. The monoisotopic (exact) mass is 290 g/mol. The van der Waals surface area contributed by atoms with E-state index in [0.29, 0.717) is 10.9 Å². The Labute approximate surface area is 105 Å². The first kappa shape index (κ1) is 13.0. The lowest BCUT2D eigenvalue weighted by Gasteiger charge is -2.16. The largest absolute Gasteiger partial charge is 0.388 e. The molecule has 3 heteroatoms. The number of aliphatic hydroxyl groups is 1. The van der Waals surface area contributed by atoms with E-state index in [2.05, 4.69) is 29.8 Å². The second-order valence-corrected chi connectivity index (χ2v) is 5.22. The van der Waals surface area contributed by atoms with Crippen molar-refractivity contribution < 1.29 is 5.11 Å². The molecule has 0 aliphatic carbocycles. The lowest BCUT2D eigenvalue weighted by Crippen LogP contribution is -2.04. The molecule has 2 atom stereocenters. The summed E-state index contributed by atoms with van der Waals surface area (Å²) in [5, 5.41) is 10.7. The third-order valence-corrected chi connectivity index (χ3v) is 3.60. The fourth-order valence-corrected chi connectivity index (χ4v) is 2.14. The standard InChI is InChI=1S/C12H16BrClO/c1-3-8(2)6-12(15)10-7-9(14)4-5-11(10)13/h4-5,7-8,12,15H,3,6H2,1-2H3. The van der Waals surface area contributed by atoms with E-state index >= 15 is 0 Å². The molecule has 0 aliphatic rings. The molecule has 15 heavy (non-hydrogen) atoms. The summed E-state index contributed by atoms with van der Waals surface area (Å²) in [5.41, 5.74) is 0.878. The van der Waals surface area contributed by atoms with Gasteiger partial charge in [-0.05, 0) is 36.1 Å². The summed E-state index contributed by atoms with van der Waals surface area (Å²) < 4.78 is 0.919. The van der Waals surface area contributed by atoms with Gasteiger partial charge in [-0.1, -0.05) is 47.8 Å². The smallest absolute Gasteiger partial charge is 0.0804 e. The first-order valence-corrected chi connectivity index (χ1v) is 6.34. The molecule has 2 unspecified atom stereocenters. The minimum Gasteiger partial charge on any atom is -0.388 e. The maximum Gasteiger partial charge on any atom is 0.0804 e. The van der Waals surface area contributed by atoms with Gasteiger partial charge in [0, 0.05) is 9.50 Å². The van der Waals surface area contributed by atoms with Gasteiger partial charge >= 0.3 is 0 Å². The molecule has 0 saturated carbocycles. The van der Waals surface area contributed by atoms with Crippen LogP contribution in [0.25, 0.3) is 0 Å². The van der Waals surface area contributed by atoms with Gasteiger partial charge in [0.05, 0.1) is 6.10 Å². The molecule has 0 aliphatic heterocycles. The van der Waals surface area contributed by atoms with Crippen molar-refractivity contribution in [1.29, 1.82) is 0 Å². The average Bonchev–Trinajstić information content (AvgIpc) is 2.21. The van der Waals surface area contributed by atoms with Crippen LogP contribution in [0.1, 0.15) is 38.4 Å². The Hall–Kier alpha value is -0.0500. The van der Waals surface area contributed by atoms with Crippen molar-refractivity contribution in [2.75, 3.05) is 0 Å². The maximum absolute atomic E-state index is 10.0. The van der Waals surface area contributed by atoms with Crippen LogP contribution in [0.2, 0.25) is 5.02 Å². The van der Waals surface area contributed by atoms with Crippen LogP contribution in [0.5, 0.6) is 0 Å². The predicted octanol–water partition coefficient (Wildman–Crippen LogP) is 4.57. The summed E-state index contributed by atoms with van der Waals surface area (Å²) >= 11 is 9.32. The highest BCUT2D eigenvalue weighted by Gasteiger charge is 2.14. The van der Waals surface area contributed by atoms with Crippen LogP contribution < -0.4 is 0 Å². The predicted molar refractivity (Wildman–Crippen MR) is 68.2 cm³/mol. The highest BCUT2D eigenvalue weighted by Crippen LogP contribution is 2.30. The first-order valence-electron chi connectivity index (χ1n) is 5.17. The quantitative estimate of drug-likeness (QED) is 0.861. The molecule has 0 heterocycles. The van der Waals surface area contributed by atoms with E-state index in [1.807, 2.05) is 18.2 Å². The molecule has 1 aromatic rings. The zero-order valence-corrected chi connectivity index (χ0v) is 11.3. The van der Waals surface area contributed by atoms with Crippen molar-refractivity contribution in [3.8, 4) is 0 Å². The van der Waals surface area contributed by atoms with Crippen molar-refractivity contribution >= 4 is 27.5 Å². The fraction of sp³-hybridized carbons (Fsp3) is 0.500. The van der Waals surface area contributed by atoms with Crippen LogP contribution in [0, 0.1) is 5.92 Å². The number of aliphatic hydroxyl groups excluding tert-OH is 1. The van der Waals surface area contributed by atoms with Gasteiger partial charge in [0.25, 0.3) is 0 Å². The average molecular weight is 292 g/mol. The zero-order chi connectivity index (χ0) is 11.4. The number of hydrogen-bond donors (Lipinski definition) is 1. The molecular formula is C12H16BrClO. The Morgan fingerprint density at radius 2 is 2.13 bits per heavy atom. The summed E-state index contributed by atoms with van der Waals surface area (Å²) in [4.78, 5) is 0. The van der Waals surface area contributed by atoms with Crippen LogP contribution in [0.3, 0.4) is 0 Å². The molecule has 0 bridgehead atoms. The highest BCUT2D eigenvalue weighted by molar-refractivity contribution is 9.10. The molecule has 0 aromatic heterocycles. The summed E-state index contributed by atoms with van der Waals surface area (Å²) in [6.45, 7) is 4.27. The number of benzene rings is 1. The molecule has 1 nitrogen and oxygen atoms in total. The van der Waals surface area contributed by atoms with Gasteiger partial charge in [-0.25, -0.2) is 0 Å². The van der Waals surface area contributed by atoms with E-state index in [-0.39, 0.29) is 0 Å². The minimum absolute atomic E-state index is 0.437. The third kappa shape index (κ3) is 3.78. The normalized spacial score (nSPS) is 15.0. The molecule has 0 fully saturated rings. The van der Waals surface area contributed by atoms with Gasteiger partial charge in [0.1, 0.15) is 0 Å². The second-order valence-electron chi connectivity index (χ2n) is 3.93. The molecule has 84 valence electrons. The highest BCUT2D eigenvalue weighted by atomic mass is 79.9.